The van der Waals surface area contributed by atoms with E-state index in [1.165, 1.54) is 12.2 Å². The molecular formula is C6H10N2O3S. The van der Waals surface area contributed by atoms with Crippen LogP contribution in [0, 0.1) is 0 Å². The molecule has 68 valence electrons. The zero-order chi connectivity index (χ0) is 9.35. The smallest absolute Gasteiger partial charge is 0.296 e. The summed E-state index contributed by atoms with van der Waals surface area (Å²) in [5.74, 6) is 0. The van der Waals surface area contributed by atoms with E-state index in [-0.39, 0.29) is 23.1 Å². The third-order valence-corrected chi connectivity index (χ3v) is 2.50. The second-order valence-electron chi connectivity index (χ2n) is 2.59. The first-order valence-electron chi connectivity index (χ1n) is 3.31. The maximum absolute atomic E-state index is 10.6. The second-order valence-corrected chi connectivity index (χ2v) is 3.98. The first-order valence-corrected chi connectivity index (χ1v) is 4.75. The van der Waals surface area contributed by atoms with E-state index in [1.807, 2.05) is 0 Å². The molecule has 1 aliphatic rings. The van der Waals surface area contributed by atoms with E-state index in [9.17, 15) is 8.42 Å². The van der Waals surface area contributed by atoms with Crippen LogP contribution >= 0.6 is 0 Å². The molecule has 0 bridgehead atoms. The van der Waals surface area contributed by atoms with Gasteiger partial charge in [0, 0.05) is 18.2 Å². The molecule has 0 saturated carbocycles. The third-order valence-electron chi connectivity index (χ3n) is 1.54. The van der Waals surface area contributed by atoms with Gasteiger partial charge in [-0.2, -0.15) is 8.42 Å². The van der Waals surface area contributed by atoms with Gasteiger partial charge in [0.2, 0.25) is 0 Å². The maximum atomic E-state index is 10.6. The van der Waals surface area contributed by atoms with E-state index in [1.54, 1.807) is 0 Å². The van der Waals surface area contributed by atoms with E-state index in [0.717, 1.165) is 0 Å². The Labute approximate surface area is 70.5 Å². The minimum atomic E-state index is -4.19. The highest BCUT2D eigenvalue weighted by Gasteiger charge is 2.19. The highest BCUT2D eigenvalue weighted by atomic mass is 32.2. The molecule has 6 heteroatoms. The summed E-state index contributed by atoms with van der Waals surface area (Å²) in [5.41, 5.74) is 10.9. The van der Waals surface area contributed by atoms with Crippen LogP contribution in [0.5, 0.6) is 0 Å². The molecular weight excluding hydrogens is 180 g/mol. The fraction of sp³-hybridized carbons (Fsp3) is 0.333. The van der Waals surface area contributed by atoms with Gasteiger partial charge in [0.05, 0.1) is 0 Å². The van der Waals surface area contributed by atoms with Crippen LogP contribution in [0.15, 0.2) is 22.8 Å². The summed E-state index contributed by atoms with van der Waals surface area (Å²) >= 11 is 0. The monoisotopic (exact) mass is 190 g/mol. The molecule has 0 amide bonds. The Kier molecular flexibility index (Phi) is 2.22. The summed E-state index contributed by atoms with van der Waals surface area (Å²) in [6.45, 7) is 0. The number of nitrogens with two attached hydrogens (primary N) is 2. The molecule has 0 saturated heterocycles. The van der Waals surface area contributed by atoms with Crippen molar-refractivity contribution >= 4 is 10.1 Å². The molecule has 1 unspecified atom stereocenters. The molecule has 0 aliphatic heterocycles. The van der Waals surface area contributed by atoms with Gasteiger partial charge < -0.3 is 11.5 Å². The normalized spacial score (nSPS) is 24.7. The van der Waals surface area contributed by atoms with Crippen molar-refractivity contribution in [2.24, 2.45) is 11.5 Å². The second kappa shape index (κ2) is 2.89. The van der Waals surface area contributed by atoms with Crippen LogP contribution in [-0.4, -0.2) is 19.0 Å². The zero-order valence-corrected chi connectivity index (χ0v) is 7.08. The van der Waals surface area contributed by atoms with Crippen LogP contribution in [0.25, 0.3) is 0 Å². The van der Waals surface area contributed by atoms with E-state index in [2.05, 4.69) is 0 Å². The summed E-state index contributed by atoms with van der Waals surface area (Å²) < 4.78 is 29.9. The van der Waals surface area contributed by atoms with Crippen molar-refractivity contribution in [3.8, 4) is 0 Å². The van der Waals surface area contributed by atoms with Gasteiger partial charge >= 0.3 is 0 Å². The summed E-state index contributed by atoms with van der Waals surface area (Å²) in [7, 11) is -4.19. The molecule has 1 atom stereocenters. The maximum Gasteiger partial charge on any atom is 0.296 e. The van der Waals surface area contributed by atoms with E-state index in [4.69, 9.17) is 16.0 Å². The van der Waals surface area contributed by atoms with E-state index in [0.29, 0.717) is 0 Å². The van der Waals surface area contributed by atoms with Gasteiger partial charge in [-0.3, -0.25) is 4.55 Å². The highest BCUT2D eigenvalue weighted by Crippen LogP contribution is 2.17. The van der Waals surface area contributed by atoms with Gasteiger partial charge in [-0.25, -0.2) is 0 Å². The van der Waals surface area contributed by atoms with Gasteiger partial charge in [0.25, 0.3) is 10.1 Å². The van der Waals surface area contributed by atoms with Crippen molar-refractivity contribution in [2.45, 2.75) is 12.5 Å². The standard InChI is InChI=1S/C6H10N2O3S/c7-4-1-2-6(5(8)3-4)12(9,10)11/h1-2,4H,3,7-8H2,(H,9,10,11). The topological polar surface area (TPSA) is 106 Å². The molecule has 1 rings (SSSR count). The number of rotatable bonds is 1. The van der Waals surface area contributed by atoms with Gasteiger partial charge in [0.15, 0.2) is 0 Å². The average molecular weight is 190 g/mol. The Hall–Kier alpha value is -0.850. The van der Waals surface area contributed by atoms with Crippen molar-refractivity contribution in [2.75, 3.05) is 0 Å². The minimum Gasteiger partial charge on any atom is -0.401 e. The van der Waals surface area contributed by atoms with Crippen molar-refractivity contribution in [1.29, 1.82) is 0 Å². The van der Waals surface area contributed by atoms with Crippen molar-refractivity contribution < 1.29 is 13.0 Å². The van der Waals surface area contributed by atoms with Crippen LogP contribution in [0.4, 0.5) is 0 Å². The highest BCUT2D eigenvalue weighted by molar-refractivity contribution is 7.90. The molecule has 0 heterocycles. The molecule has 0 spiro atoms. The number of allylic oxidation sites excluding steroid dienone is 1. The summed E-state index contributed by atoms with van der Waals surface area (Å²) in [4.78, 5) is -0.246. The molecule has 12 heavy (non-hydrogen) atoms. The van der Waals surface area contributed by atoms with Crippen LogP contribution in [0.3, 0.4) is 0 Å². The van der Waals surface area contributed by atoms with Gasteiger partial charge in [0.1, 0.15) is 4.91 Å². The fourth-order valence-electron chi connectivity index (χ4n) is 0.992. The molecule has 0 aromatic heterocycles. The summed E-state index contributed by atoms with van der Waals surface area (Å²) in [6.07, 6.45) is 2.96. The number of hydrogen-bond donors (Lipinski definition) is 3. The Balaban J connectivity index is 3.09. The first kappa shape index (κ1) is 9.24. The quantitative estimate of drug-likeness (QED) is 0.475. The lowest BCUT2D eigenvalue weighted by molar-refractivity contribution is 0.491. The molecule has 5 N–H and O–H groups in total. The van der Waals surface area contributed by atoms with Crippen molar-refractivity contribution in [1.82, 2.24) is 0 Å². The molecule has 5 nitrogen and oxygen atoms in total. The molecule has 0 radical (unpaired) electrons. The molecule has 0 fully saturated rings. The molecule has 1 aliphatic carbocycles. The van der Waals surface area contributed by atoms with Crippen molar-refractivity contribution in [3.63, 3.8) is 0 Å². The molecule has 0 aromatic rings. The Bertz CT molecular complexity index is 342. The SMILES string of the molecule is NC1=C(S(=O)(=O)O)C=CC(N)C1. The summed E-state index contributed by atoms with van der Waals surface area (Å²) in [6, 6.07) is -0.268. The van der Waals surface area contributed by atoms with Crippen LogP contribution in [0.2, 0.25) is 0 Å². The van der Waals surface area contributed by atoms with Gasteiger partial charge in [-0.1, -0.05) is 6.08 Å². The van der Waals surface area contributed by atoms with Crippen LogP contribution < -0.4 is 11.5 Å². The lowest BCUT2D eigenvalue weighted by Crippen LogP contribution is -2.25. The summed E-state index contributed by atoms with van der Waals surface area (Å²) in [5, 5.41) is 0. The van der Waals surface area contributed by atoms with E-state index < -0.39 is 10.1 Å². The Morgan fingerprint density at radius 1 is 1.58 bits per heavy atom. The van der Waals surface area contributed by atoms with Crippen LogP contribution in [0.1, 0.15) is 6.42 Å². The third kappa shape index (κ3) is 1.84. The first-order chi connectivity index (χ1) is 5.41. The lowest BCUT2D eigenvalue weighted by atomic mass is 10.1. The number of hydrogen-bond acceptors (Lipinski definition) is 4. The lowest BCUT2D eigenvalue weighted by Gasteiger charge is -2.14. The zero-order valence-electron chi connectivity index (χ0n) is 6.27. The van der Waals surface area contributed by atoms with Gasteiger partial charge in [-0.05, 0) is 6.08 Å². The Morgan fingerprint density at radius 3 is 2.58 bits per heavy atom. The fourth-order valence-corrected chi connectivity index (χ4v) is 1.66. The van der Waals surface area contributed by atoms with Crippen LogP contribution in [-0.2, 0) is 10.1 Å². The largest absolute Gasteiger partial charge is 0.401 e. The van der Waals surface area contributed by atoms with Crippen molar-refractivity contribution in [3.05, 3.63) is 22.8 Å². The molecule has 0 aromatic carbocycles. The van der Waals surface area contributed by atoms with Gasteiger partial charge in [-0.15, -0.1) is 0 Å². The minimum absolute atomic E-state index is 0.104. The predicted molar refractivity (Wildman–Crippen MR) is 44.5 cm³/mol. The average Bonchev–Trinajstić information content (AvgIpc) is 1.83. The Morgan fingerprint density at radius 2 is 2.17 bits per heavy atom. The van der Waals surface area contributed by atoms with E-state index >= 15 is 0 Å². The predicted octanol–water partition coefficient (Wildman–Crippen LogP) is -0.668.